The van der Waals surface area contributed by atoms with Crippen LogP contribution in [0.5, 0.6) is 0 Å². The molecule has 16 heavy (non-hydrogen) atoms. The van der Waals surface area contributed by atoms with Gasteiger partial charge in [-0.25, -0.2) is 9.37 Å². The molecule has 1 heterocycles. The first-order valence-electron chi connectivity index (χ1n) is 4.65. The van der Waals surface area contributed by atoms with Crippen molar-refractivity contribution >= 4 is 11.6 Å². The molecular weight excluding hydrogens is 232 g/mol. The number of halogens is 3. The van der Waals surface area contributed by atoms with Gasteiger partial charge < -0.3 is 0 Å². The second kappa shape index (κ2) is 4.18. The van der Waals surface area contributed by atoms with Gasteiger partial charge in [0.1, 0.15) is 5.82 Å². The number of benzene rings is 1. The van der Waals surface area contributed by atoms with Crippen LogP contribution >= 0.6 is 11.6 Å². The molecule has 2 rings (SSSR count). The van der Waals surface area contributed by atoms with Gasteiger partial charge in [0.25, 0.3) is 0 Å². The lowest BCUT2D eigenvalue weighted by atomic mass is 10.1. The summed E-state index contributed by atoms with van der Waals surface area (Å²) in [7, 11) is 0. The molecule has 1 aromatic carbocycles. The summed E-state index contributed by atoms with van der Waals surface area (Å²) in [5, 5.41) is 0.0412. The van der Waals surface area contributed by atoms with Crippen LogP contribution in [0.1, 0.15) is 5.56 Å². The summed E-state index contributed by atoms with van der Waals surface area (Å²) in [6.07, 6.45) is 1.39. The Bertz CT molecular complexity index is 491. The standard InChI is InChI=1S/C12H8ClF2N/c1-7-4-9(6-16-12(7)15)8-2-3-11(14)10(13)5-8/h2-6H,1H3. The van der Waals surface area contributed by atoms with E-state index < -0.39 is 11.8 Å². The highest BCUT2D eigenvalue weighted by molar-refractivity contribution is 6.31. The van der Waals surface area contributed by atoms with Crippen molar-refractivity contribution in [3.63, 3.8) is 0 Å². The van der Waals surface area contributed by atoms with Crippen molar-refractivity contribution < 1.29 is 8.78 Å². The largest absolute Gasteiger partial charge is 0.227 e. The maximum atomic E-state index is 13.0. The molecule has 1 nitrogen and oxygen atoms in total. The number of rotatable bonds is 1. The molecule has 0 bridgehead atoms. The lowest BCUT2D eigenvalue weighted by Crippen LogP contribution is -1.89. The van der Waals surface area contributed by atoms with E-state index in [1.54, 1.807) is 19.1 Å². The van der Waals surface area contributed by atoms with Crippen molar-refractivity contribution in [3.05, 3.63) is 52.8 Å². The van der Waals surface area contributed by atoms with Crippen LogP contribution < -0.4 is 0 Å². The number of hydrogen-bond acceptors (Lipinski definition) is 1. The summed E-state index contributed by atoms with van der Waals surface area (Å²) in [6.45, 7) is 1.62. The topological polar surface area (TPSA) is 12.9 Å². The molecule has 0 aliphatic heterocycles. The number of nitrogens with zero attached hydrogens (tertiary/aromatic N) is 1. The molecule has 0 fully saturated rings. The first-order chi connectivity index (χ1) is 7.58. The van der Waals surface area contributed by atoms with Gasteiger partial charge in [-0.15, -0.1) is 0 Å². The van der Waals surface area contributed by atoms with E-state index in [1.807, 2.05) is 0 Å². The van der Waals surface area contributed by atoms with Crippen LogP contribution in [0.4, 0.5) is 8.78 Å². The molecule has 4 heteroatoms. The van der Waals surface area contributed by atoms with Gasteiger partial charge in [-0.1, -0.05) is 17.7 Å². The minimum atomic E-state index is -0.503. The monoisotopic (exact) mass is 239 g/mol. The zero-order valence-electron chi connectivity index (χ0n) is 8.47. The summed E-state index contributed by atoms with van der Waals surface area (Å²) < 4.78 is 25.9. The molecule has 0 saturated heterocycles. The van der Waals surface area contributed by atoms with Gasteiger partial charge in [0, 0.05) is 17.3 Å². The summed E-state index contributed by atoms with van der Waals surface area (Å²) in [5.74, 6) is -0.978. The molecule has 0 spiro atoms. The zero-order chi connectivity index (χ0) is 11.7. The Kier molecular flexibility index (Phi) is 2.88. The first kappa shape index (κ1) is 11.0. The van der Waals surface area contributed by atoms with Gasteiger partial charge in [0.15, 0.2) is 0 Å². The van der Waals surface area contributed by atoms with Crippen molar-refractivity contribution in [3.8, 4) is 11.1 Å². The fourth-order valence-corrected chi connectivity index (χ4v) is 1.57. The van der Waals surface area contributed by atoms with Gasteiger partial charge in [-0.3, -0.25) is 0 Å². The maximum Gasteiger partial charge on any atom is 0.215 e. The third-order valence-electron chi connectivity index (χ3n) is 2.27. The Labute approximate surface area is 96.7 Å². The molecule has 0 N–H and O–H groups in total. The molecule has 0 amide bonds. The molecular formula is C12H8ClF2N. The lowest BCUT2D eigenvalue weighted by Gasteiger charge is -2.04. The Morgan fingerprint density at radius 3 is 2.50 bits per heavy atom. The Hall–Kier alpha value is -1.48. The quantitative estimate of drug-likeness (QED) is 0.686. The summed E-state index contributed by atoms with van der Waals surface area (Å²) in [6, 6.07) is 5.99. The van der Waals surface area contributed by atoms with Gasteiger partial charge in [0.2, 0.25) is 5.95 Å². The SMILES string of the molecule is Cc1cc(-c2ccc(F)c(Cl)c2)cnc1F. The van der Waals surface area contributed by atoms with Crippen molar-refractivity contribution in [1.82, 2.24) is 4.98 Å². The van der Waals surface area contributed by atoms with Crippen molar-refractivity contribution in [2.24, 2.45) is 0 Å². The molecule has 0 atom stereocenters. The van der Waals surface area contributed by atoms with Crippen LogP contribution in [-0.4, -0.2) is 4.98 Å². The number of aromatic nitrogens is 1. The zero-order valence-corrected chi connectivity index (χ0v) is 9.22. The second-order valence-electron chi connectivity index (χ2n) is 3.46. The lowest BCUT2D eigenvalue weighted by molar-refractivity contribution is 0.575. The van der Waals surface area contributed by atoms with E-state index in [1.165, 1.54) is 18.3 Å². The minimum absolute atomic E-state index is 0.0412. The second-order valence-corrected chi connectivity index (χ2v) is 3.87. The average Bonchev–Trinajstić information content (AvgIpc) is 2.26. The molecule has 0 aliphatic rings. The van der Waals surface area contributed by atoms with Crippen LogP contribution in [0.15, 0.2) is 30.5 Å². The van der Waals surface area contributed by atoms with E-state index in [9.17, 15) is 8.78 Å². The van der Waals surface area contributed by atoms with E-state index in [4.69, 9.17) is 11.6 Å². The van der Waals surface area contributed by atoms with E-state index >= 15 is 0 Å². The third kappa shape index (κ3) is 2.04. The molecule has 82 valence electrons. The van der Waals surface area contributed by atoms with Crippen LogP contribution in [0.3, 0.4) is 0 Å². The molecule has 0 saturated carbocycles. The number of pyridine rings is 1. The average molecular weight is 240 g/mol. The highest BCUT2D eigenvalue weighted by atomic mass is 35.5. The van der Waals surface area contributed by atoms with E-state index in [2.05, 4.69) is 4.98 Å². The third-order valence-corrected chi connectivity index (χ3v) is 2.56. The minimum Gasteiger partial charge on any atom is -0.227 e. The fourth-order valence-electron chi connectivity index (χ4n) is 1.39. The van der Waals surface area contributed by atoms with Gasteiger partial charge in [-0.2, -0.15) is 4.39 Å². The highest BCUT2D eigenvalue weighted by Crippen LogP contribution is 2.25. The Morgan fingerprint density at radius 2 is 1.88 bits per heavy atom. The predicted octanol–water partition coefficient (Wildman–Crippen LogP) is 3.99. The fraction of sp³-hybridized carbons (Fsp3) is 0.0833. The number of hydrogen-bond donors (Lipinski definition) is 0. The van der Waals surface area contributed by atoms with Crippen molar-refractivity contribution in [2.75, 3.05) is 0 Å². The smallest absolute Gasteiger partial charge is 0.215 e. The maximum absolute atomic E-state index is 13.0. The normalized spacial score (nSPS) is 10.5. The molecule has 0 unspecified atom stereocenters. The summed E-state index contributed by atoms with van der Waals surface area (Å²) in [4.78, 5) is 3.60. The van der Waals surface area contributed by atoms with Crippen molar-refractivity contribution in [2.45, 2.75) is 6.92 Å². The molecule has 0 radical (unpaired) electrons. The number of aryl methyl sites for hydroxylation is 1. The van der Waals surface area contributed by atoms with Crippen LogP contribution in [0, 0.1) is 18.7 Å². The van der Waals surface area contributed by atoms with Crippen molar-refractivity contribution in [1.29, 1.82) is 0 Å². The van der Waals surface area contributed by atoms with Gasteiger partial charge >= 0.3 is 0 Å². The summed E-state index contributed by atoms with van der Waals surface area (Å²) in [5.41, 5.74) is 1.86. The van der Waals surface area contributed by atoms with Crippen LogP contribution in [0.2, 0.25) is 5.02 Å². The highest BCUT2D eigenvalue weighted by Gasteiger charge is 2.05. The van der Waals surface area contributed by atoms with Gasteiger partial charge in [-0.05, 0) is 30.7 Å². The first-order valence-corrected chi connectivity index (χ1v) is 5.03. The van der Waals surface area contributed by atoms with E-state index in [0.717, 1.165) is 0 Å². The van der Waals surface area contributed by atoms with Crippen LogP contribution in [0.25, 0.3) is 11.1 Å². The Morgan fingerprint density at radius 1 is 1.12 bits per heavy atom. The molecule has 1 aromatic heterocycles. The predicted molar refractivity (Wildman–Crippen MR) is 59.3 cm³/mol. The summed E-state index contributed by atoms with van der Waals surface area (Å²) >= 11 is 5.67. The molecule has 2 aromatic rings. The van der Waals surface area contributed by atoms with E-state index in [0.29, 0.717) is 16.7 Å². The van der Waals surface area contributed by atoms with Gasteiger partial charge in [0.05, 0.1) is 5.02 Å². The van der Waals surface area contributed by atoms with E-state index in [-0.39, 0.29) is 5.02 Å². The van der Waals surface area contributed by atoms with Crippen LogP contribution in [-0.2, 0) is 0 Å². The molecule has 0 aliphatic carbocycles. The Balaban J connectivity index is 2.50.